The molecule has 3 aromatic carbocycles. The van der Waals surface area contributed by atoms with Crippen LogP contribution in [0.25, 0.3) is 16.6 Å². The maximum atomic E-state index is 13.0. The largest absolute Gasteiger partial charge is 0.494 e. The maximum absolute atomic E-state index is 13.0. The van der Waals surface area contributed by atoms with Crippen LogP contribution >= 0.6 is 0 Å². The van der Waals surface area contributed by atoms with Gasteiger partial charge in [-0.25, -0.2) is 4.98 Å². The summed E-state index contributed by atoms with van der Waals surface area (Å²) < 4.78 is 7.02. The van der Waals surface area contributed by atoms with Crippen LogP contribution in [0.5, 0.6) is 5.75 Å². The van der Waals surface area contributed by atoms with Crippen molar-refractivity contribution < 1.29 is 9.53 Å². The molecule has 0 unspecified atom stereocenters. The van der Waals surface area contributed by atoms with E-state index in [4.69, 9.17) is 4.74 Å². The third-order valence-corrected chi connectivity index (χ3v) is 4.95. The number of nitrogens with one attached hydrogen (secondary N) is 1. The summed E-state index contributed by atoms with van der Waals surface area (Å²) in [7, 11) is 1.52. The fraction of sp³-hybridized carbons (Fsp3) is 0.125. The van der Waals surface area contributed by atoms with Crippen molar-refractivity contribution in [3.05, 3.63) is 94.0 Å². The van der Waals surface area contributed by atoms with Crippen molar-refractivity contribution in [3.63, 3.8) is 0 Å². The second-order valence-corrected chi connectivity index (χ2v) is 7.02. The van der Waals surface area contributed by atoms with Crippen LogP contribution in [0, 0.1) is 13.8 Å². The van der Waals surface area contributed by atoms with Gasteiger partial charge in [0.1, 0.15) is 11.6 Å². The van der Waals surface area contributed by atoms with Crippen molar-refractivity contribution in [1.82, 2.24) is 9.55 Å². The second kappa shape index (κ2) is 7.83. The molecule has 0 aliphatic carbocycles. The lowest BCUT2D eigenvalue weighted by atomic mass is 10.1. The number of carbonyl (C=O) groups is 1. The molecule has 0 aliphatic rings. The van der Waals surface area contributed by atoms with Gasteiger partial charge < -0.3 is 10.1 Å². The highest BCUT2D eigenvalue weighted by atomic mass is 16.5. The molecular weight excluding hydrogens is 378 g/mol. The monoisotopic (exact) mass is 399 g/mol. The van der Waals surface area contributed by atoms with Crippen molar-refractivity contribution in [2.45, 2.75) is 13.8 Å². The van der Waals surface area contributed by atoms with E-state index < -0.39 is 0 Å². The quantitative estimate of drug-likeness (QED) is 0.556. The fourth-order valence-electron chi connectivity index (χ4n) is 3.37. The maximum Gasteiger partial charge on any atom is 0.265 e. The first-order valence-electron chi connectivity index (χ1n) is 9.53. The number of carbonyl (C=O) groups excluding carboxylic acids is 1. The van der Waals surface area contributed by atoms with E-state index >= 15 is 0 Å². The van der Waals surface area contributed by atoms with Crippen LogP contribution in [0.15, 0.2) is 71.5 Å². The zero-order valence-corrected chi connectivity index (χ0v) is 17.0. The number of fused-ring (bicyclic) bond motifs is 1. The number of anilines is 1. The van der Waals surface area contributed by atoms with E-state index in [1.54, 1.807) is 43.3 Å². The average Bonchev–Trinajstić information content (AvgIpc) is 2.75. The normalized spacial score (nSPS) is 10.8. The molecular formula is C24H21N3O3. The lowest BCUT2D eigenvalue weighted by Gasteiger charge is -2.15. The van der Waals surface area contributed by atoms with E-state index in [9.17, 15) is 9.59 Å². The predicted molar refractivity (Wildman–Crippen MR) is 118 cm³/mol. The highest BCUT2D eigenvalue weighted by Gasteiger charge is 2.14. The Morgan fingerprint density at radius 3 is 2.47 bits per heavy atom. The van der Waals surface area contributed by atoms with Gasteiger partial charge in [-0.15, -0.1) is 0 Å². The second-order valence-electron chi connectivity index (χ2n) is 7.02. The number of methoxy groups -OCH3 is 1. The highest BCUT2D eigenvalue weighted by Crippen LogP contribution is 2.28. The number of hydrogen-bond donors (Lipinski definition) is 1. The predicted octanol–water partition coefficient (Wildman–Crippen LogP) is 4.26. The molecule has 6 nitrogen and oxygen atoms in total. The number of aromatic nitrogens is 2. The third kappa shape index (κ3) is 3.55. The van der Waals surface area contributed by atoms with Crippen LogP contribution in [0.2, 0.25) is 0 Å². The summed E-state index contributed by atoms with van der Waals surface area (Å²) in [5.74, 6) is 0.784. The Balaban J connectivity index is 1.73. The van der Waals surface area contributed by atoms with Gasteiger partial charge in [-0.2, -0.15) is 0 Å². The number of nitrogens with zero attached hydrogens (tertiary/aromatic N) is 2. The number of hydrogen-bond acceptors (Lipinski definition) is 4. The molecule has 1 heterocycles. The van der Waals surface area contributed by atoms with E-state index in [1.807, 2.05) is 37.3 Å². The van der Waals surface area contributed by atoms with Crippen LogP contribution in [-0.4, -0.2) is 22.6 Å². The van der Waals surface area contributed by atoms with E-state index in [0.29, 0.717) is 39.4 Å². The molecule has 0 fully saturated rings. The van der Waals surface area contributed by atoms with Gasteiger partial charge in [-0.3, -0.25) is 14.2 Å². The highest BCUT2D eigenvalue weighted by molar-refractivity contribution is 6.05. The zero-order chi connectivity index (χ0) is 21.3. The fourth-order valence-corrected chi connectivity index (χ4v) is 3.37. The summed E-state index contributed by atoms with van der Waals surface area (Å²) >= 11 is 0. The standard InChI is InChI=1S/C24H21N3O3/c1-15-8-10-17(11-9-15)23(28)26-21-13-12-18(14-22(21)30-3)27-16(2)25-20-7-5-4-6-19(20)24(27)29/h4-14H,1-3H3,(H,26,28). The van der Waals surface area contributed by atoms with E-state index in [1.165, 1.54) is 11.7 Å². The van der Waals surface area contributed by atoms with Crippen LogP contribution < -0.4 is 15.6 Å². The van der Waals surface area contributed by atoms with E-state index in [0.717, 1.165) is 5.56 Å². The smallest absolute Gasteiger partial charge is 0.265 e. The van der Waals surface area contributed by atoms with Gasteiger partial charge in [0.15, 0.2) is 0 Å². The Hall–Kier alpha value is -3.93. The molecule has 4 rings (SSSR count). The Kier molecular flexibility index (Phi) is 5.06. The van der Waals surface area contributed by atoms with Gasteiger partial charge >= 0.3 is 0 Å². The van der Waals surface area contributed by atoms with Gasteiger partial charge in [0.2, 0.25) is 0 Å². The Bertz CT molecular complexity index is 1310. The minimum absolute atomic E-state index is 0.156. The topological polar surface area (TPSA) is 73.2 Å². The number of para-hydroxylation sites is 1. The molecule has 0 saturated heterocycles. The van der Waals surface area contributed by atoms with Crippen LogP contribution in [0.4, 0.5) is 5.69 Å². The van der Waals surface area contributed by atoms with Gasteiger partial charge in [-0.1, -0.05) is 29.8 Å². The van der Waals surface area contributed by atoms with Crippen LogP contribution in [0.3, 0.4) is 0 Å². The van der Waals surface area contributed by atoms with Gasteiger partial charge in [0.25, 0.3) is 11.5 Å². The van der Waals surface area contributed by atoms with Crippen LogP contribution in [0.1, 0.15) is 21.7 Å². The SMILES string of the molecule is COc1cc(-n2c(C)nc3ccccc3c2=O)ccc1NC(=O)c1ccc(C)cc1. The van der Waals surface area contributed by atoms with Gasteiger partial charge in [-0.05, 0) is 50.2 Å². The van der Waals surface area contributed by atoms with Crippen molar-refractivity contribution in [3.8, 4) is 11.4 Å². The van der Waals surface area contributed by atoms with E-state index in [-0.39, 0.29) is 11.5 Å². The van der Waals surface area contributed by atoms with Gasteiger partial charge in [0, 0.05) is 11.6 Å². The van der Waals surface area contributed by atoms with Crippen LogP contribution in [-0.2, 0) is 0 Å². The molecule has 0 bridgehead atoms. The molecule has 0 atom stereocenters. The molecule has 0 aliphatic heterocycles. The molecule has 4 aromatic rings. The summed E-state index contributed by atoms with van der Waals surface area (Å²) in [4.78, 5) is 30.1. The molecule has 6 heteroatoms. The number of amides is 1. The summed E-state index contributed by atoms with van der Waals surface area (Å²) in [5.41, 5.74) is 3.27. The lowest BCUT2D eigenvalue weighted by Crippen LogP contribution is -2.22. The first kappa shape index (κ1) is 19.4. The molecule has 0 saturated carbocycles. The first-order chi connectivity index (χ1) is 14.5. The minimum Gasteiger partial charge on any atom is -0.494 e. The number of rotatable bonds is 4. The number of ether oxygens (including phenoxy) is 1. The zero-order valence-electron chi connectivity index (χ0n) is 17.0. The molecule has 1 amide bonds. The minimum atomic E-state index is -0.234. The van der Waals surface area contributed by atoms with Gasteiger partial charge in [0.05, 0.1) is 29.4 Å². The van der Waals surface area contributed by atoms with Crippen molar-refractivity contribution in [2.24, 2.45) is 0 Å². The number of benzene rings is 3. The first-order valence-corrected chi connectivity index (χ1v) is 9.53. The molecule has 1 N–H and O–H groups in total. The van der Waals surface area contributed by atoms with E-state index in [2.05, 4.69) is 10.3 Å². The average molecular weight is 399 g/mol. The Morgan fingerprint density at radius 1 is 1.00 bits per heavy atom. The summed E-state index contributed by atoms with van der Waals surface area (Å²) in [6.07, 6.45) is 0. The van der Waals surface area contributed by atoms with Crippen molar-refractivity contribution >= 4 is 22.5 Å². The van der Waals surface area contributed by atoms with Crippen molar-refractivity contribution in [1.29, 1.82) is 0 Å². The summed E-state index contributed by atoms with van der Waals surface area (Å²) in [5, 5.41) is 3.41. The summed E-state index contributed by atoms with van der Waals surface area (Å²) in [6.45, 7) is 3.75. The Morgan fingerprint density at radius 2 is 1.73 bits per heavy atom. The van der Waals surface area contributed by atoms with Crippen molar-refractivity contribution in [2.75, 3.05) is 12.4 Å². The third-order valence-electron chi connectivity index (χ3n) is 4.95. The molecule has 0 spiro atoms. The molecule has 150 valence electrons. The molecule has 30 heavy (non-hydrogen) atoms. The number of aryl methyl sites for hydroxylation is 2. The molecule has 1 aromatic heterocycles. The molecule has 0 radical (unpaired) electrons. The Labute approximate surface area is 173 Å². The lowest BCUT2D eigenvalue weighted by molar-refractivity contribution is 0.102. The summed E-state index contributed by atoms with van der Waals surface area (Å²) in [6, 6.07) is 19.8.